The van der Waals surface area contributed by atoms with Gasteiger partial charge in [0.1, 0.15) is 5.82 Å². The highest BCUT2D eigenvalue weighted by Gasteiger charge is 2.16. The zero-order chi connectivity index (χ0) is 18.2. The molecule has 0 saturated carbocycles. The fraction of sp³-hybridized carbons (Fsp3) is 0.263. The summed E-state index contributed by atoms with van der Waals surface area (Å²) in [6.45, 7) is 2.20. The predicted octanol–water partition coefficient (Wildman–Crippen LogP) is 1.16. The first kappa shape index (κ1) is 18.6. The number of nitrogens with one attached hydrogen (secondary N) is 3. The van der Waals surface area contributed by atoms with Crippen molar-refractivity contribution in [1.82, 2.24) is 5.32 Å². The van der Waals surface area contributed by atoms with Crippen molar-refractivity contribution in [3.05, 3.63) is 66.0 Å². The lowest BCUT2D eigenvalue weighted by Crippen LogP contribution is -3.11. The first-order chi connectivity index (χ1) is 11.9. The minimum Gasteiger partial charge on any atom is -0.345 e. The van der Waals surface area contributed by atoms with Crippen LogP contribution in [0.4, 0.5) is 10.1 Å². The largest absolute Gasteiger partial charge is 0.345 e. The second-order valence-corrected chi connectivity index (χ2v) is 6.07. The Hall–Kier alpha value is -2.73. The van der Waals surface area contributed by atoms with Crippen LogP contribution in [0.5, 0.6) is 0 Å². The molecular weight excluding hydrogens is 321 g/mol. The summed E-state index contributed by atoms with van der Waals surface area (Å²) in [5.74, 6) is -0.813. The Balaban J connectivity index is 1.78. The number of anilines is 1. The summed E-state index contributed by atoms with van der Waals surface area (Å²) in [4.78, 5) is 24.8. The highest BCUT2D eigenvalue weighted by Crippen LogP contribution is 2.10. The second kappa shape index (κ2) is 8.94. The van der Waals surface area contributed by atoms with Crippen LogP contribution in [0.1, 0.15) is 18.5 Å². The maximum absolute atomic E-state index is 13.1. The average Bonchev–Trinajstić information content (AvgIpc) is 2.55. The van der Waals surface area contributed by atoms with Gasteiger partial charge in [-0.3, -0.25) is 9.59 Å². The standard InChI is InChI=1S/C19H22FN3O2/c1-14(15-7-4-3-5-8-15)21-18(24)12-23(2)13-19(25)22-17-10-6-9-16(20)11-17/h3-11,14H,12-13H2,1-2H3,(H,21,24)(H,22,25)/p+1/t14-/m1/s1. The minimum absolute atomic E-state index is 0.0948. The quantitative estimate of drug-likeness (QED) is 0.706. The van der Waals surface area contributed by atoms with Gasteiger partial charge in [-0.2, -0.15) is 0 Å². The maximum atomic E-state index is 13.1. The molecule has 2 aromatic rings. The lowest BCUT2D eigenvalue weighted by molar-refractivity contribution is -0.862. The summed E-state index contributed by atoms with van der Waals surface area (Å²) < 4.78 is 13.1. The molecule has 0 aliphatic heterocycles. The van der Waals surface area contributed by atoms with Crippen molar-refractivity contribution in [2.75, 3.05) is 25.5 Å². The third kappa shape index (κ3) is 6.35. The molecule has 0 bridgehead atoms. The lowest BCUT2D eigenvalue weighted by Gasteiger charge is -2.17. The van der Waals surface area contributed by atoms with Gasteiger partial charge in [0.25, 0.3) is 11.8 Å². The number of carbonyl (C=O) groups excluding carboxylic acids is 2. The van der Waals surface area contributed by atoms with Gasteiger partial charge in [-0.1, -0.05) is 36.4 Å². The number of carbonyl (C=O) groups is 2. The molecule has 2 atom stereocenters. The van der Waals surface area contributed by atoms with E-state index in [1.54, 1.807) is 13.1 Å². The van der Waals surface area contributed by atoms with E-state index in [2.05, 4.69) is 10.6 Å². The molecule has 1 unspecified atom stereocenters. The van der Waals surface area contributed by atoms with Crippen LogP contribution in [0.3, 0.4) is 0 Å². The summed E-state index contributed by atoms with van der Waals surface area (Å²) in [5, 5.41) is 5.54. The summed E-state index contributed by atoms with van der Waals surface area (Å²) in [7, 11) is 1.76. The van der Waals surface area contributed by atoms with Crippen LogP contribution in [0.2, 0.25) is 0 Å². The van der Waals surface area contributed by atoms with E-state index in [1.165, 1.54) is 18.2 Å². The fourth-order valence-electron chi connectivity index (χ4n) is 2.50. The van der Waals surface area contributed by atoms with Gasteiger partial charge in [-0.15, -0.1) is 0 Å². The topological polar surface area (TPSA) is 62.6 Å². The highest BCUT2D eigenvalue weighted by atomic mass is 19.1. The van der Waals surface area contributed by atoms with Crippen molar-refractivity contribution in [3.63, 3.8) is 0 Å². The van der Waals surface area contributed by atoms with Crippen LogP contribution < -0.4 is 15.5 Å². The number of halogens is 1. The smallest absolute Gasteiger partial charge is 0.279 e. The first-order valence-corrected chi connectivity index (χ1v) is 8.15. The van der Waals surface area contributed by atoms with Gasteiger partial charge < -0.3 is 15.5 Å². The van der Waals surface area contributed by atoms with Gasteiger partial charge in [-0.25, -0.2) is 4.39 Å². The van der Waals surface area contributed by atoms with Gasteiger partial charge in [0.05, 0.1) is 13.1 Å². The number of amides is 2. The number of hydrogen-bond donors (Lipinski definition) is 3. The van der Waals surface area contributed by atoms with E-state index >= 15 is 0 Å². The van der Waals surface area contributed by atoms with Crippen LogP contribution in [0.15, 0.2) is 54.6 Å². The molecule has 2 aromatic carbocycles. The van der Waals surface area contributed by atoms with E-state index in [0.29, 0.717) is 5.69 Å². The molecule has 0 aromatic heterocycles. The molecule has 0 heterocycles. The number of quaternary nitrogens is 1. The molecule has 25 heavy (non-hydrogen) atoms. The normalized spacial score (nSPS) is 12.9. The van der Waals surface area contributed by atoms with Gasteiger partial charge in [0, 0.05) is 5.69 Å². The third-order valence-electron chi connectivity index (χ3n) is 3.71. The zero-order valence-corrected chi connectivity index (χ0v) is 14.4. The molecular formula is C19H23FN3O2+. The number of hydrogen-bond acceptors (Lipinski definition) is 2. The summed E-state index contributed by atoms with van der Waals surface area (Å²) in [6.07, 6.45) is 0. The monoisotopic (exact) mass is 344 g/mol. The van der Waals surface area contributed by atoms with Crippen molar-refractivity contribution >= 4 is 17.5 Å². The van der Waals surface area contributed by atoms with E-state index < -0.39 is 5.82 Å². The Bertz CT molecular complexity index is 722. The van der Waals surface area contributed by atoms with Crippen molar-refractivity contribution in [3.8, 4) is 0 Å². The predicted molar refractivity (Wildman–Crippen MR) is 94.7 cm³/mol. The molecule has 6 heteroatoms. The molecule has 2 amide bonds. The van der Waals surface area contributed by atoms with E-state index in [1.807, 2.05) is 37.3 Å². The van der Waals surface area contributed by atoms with E-state index in [9.17, 15) is 14.0 Å². The van der Waals surface area contributed by atoms with Crippen LogP contribution in [0, 0.1) is 5.82 Å². The molecule has 3 N–H and O–H groups in total. The highest BCUT2D eigenvalue weighted by molar-refractivity contribution is 5.91. The number of rotatable bonds is 7. The minimum atomic E-state index is -0.409. The molecule has 132 valence electrons. The third-order valence-corrected chi connectivity index (χ3v) is 3.71. The molecule has 0 radical (unpaired) electrons. The first-order valence-electron chi connectivity index (χ1n) is 8.15. The van der Waals surface area contributed by atoms with Crippen molar-refractivity contribution in [2.45, 2.75) is 13.0 Å². The lowest BCUT2D eigenvalue weighted by atomic mass is 10.1. The summed E-state index contributed by atoms with van der Waals surface area (Å²) in [5.41, 5.74) is 1.43. The SMILES string of the molecule is C[C@@H](NC(=O)C[NH+](C)CC(=O)Nc1cccc(F)c1)c1ccccc1. The summed E-state index contributed by atoms with van der Waals surface area (Å²) >= 11 is 0. The molecule has 0 aliphatic carbocycles. The van der Waals surface area contributed by atoms with Crippen LogP contribution >= 0.6 is 0 Å². The number of likely N-dealkylation sites (N-methyl/N-ethyl adjacent to an activating group) is 1. The van der Waals surface area contributed by atoms with E-state index in [4.69, 9.17) is 0 Å². The Labute approximate surface area is 146 Å². The summed E-state index contributed by atoms with van der Waals surface area (Å²) in [6, 6.07) is 15.3. The molecule has 2 rings (SSSR count). The van der Waals surface area contributed by atoms with Crippen LogP contribution in [0.25, 0.3) is 0 Å². The van der Waals surface area contributed by atoms with Crippen LogP contribution in [-0.2, 0) is 9.59 Å². The van der Waals surface area contributed by atoms with Gasteiger partial charge >= 0.3 is 0 Å². The maximum Gasteiger partial charge on any atom is 0.279 e. The number of benzene rings is 2. The van der Waals surface area contributed by atoms with Crippen molar-refractivity contribution in [2.24, 2.45) is 0 Å². The molecule has 0 aliphatic rings. The van der Waals surface area contributed by atoms with E-state index in [0.717, 1.165) is 10.5 Å². The van der Waals surface area contributed by atoms with Crippen molar-refractivity contribution < 1.29 is 18.9 Å². The van der Waals surface area contributed by atoms with Crippen LogP contribution in [-0.4, -0.2) is 32.0 Å². The van der Waals surface area contributed by atoms with Gasteiger partial charge in [0.15, 0.2) is 13.1 Å². The molecule has 0 saturated heterocycles. The molecule has 5 nitrogen and oxygen atoms in total. The molecule has 0 fully saturated rings. The van der Waals surface area contributed by atoms with Gasteiger partial charge in [0.2, 0.25) is 0 Å². The van der Waals surface area contributed by atoms with Crippen molar-refractivity contribution in [1.29, 1.82) is 0 Å². The Kier molecular flexibility index (Phi) is 6.65. The Morgan fingerprint density at radius 2 is 1.72 bits per heavy atom. The average molecular weight is 344 g/mol. The Morgan fingerprint density at radius 1 is 1.04 bits per heavy atom. The fourth-order valence-corrected chi connectivity index (χ4v) is 2.50. The second-order valence-electron chi connectivity index (χ2n) is 6.07. The van der Waals surface area contributed by atoms with Gasteiger partial charge in [-0.05, 0) is 30.7 Å². The Morgan fingerprint density at radius 3 is 2.40 bits per heavy atom. The zero-order valence-electron chi connectivity index (χ0n) is 14.4. The van der Waals surface area contributed by atoms with E-state index in [-0.39, 0.29) is 30.9 Å². The molecule has 0 spiro atoms.